The van der Waals surface area contributed by atoms with E-state index in [4.69, 9.17) is 4.52 Å². The van der Waals surface area contributed by atoms with Crippen LogP contribution in [0.4, 0.5) is 20.2 Å². The van der Waals surface area contributed by atoms with E-state index in [9.17, 15) is 22.0 Å². The Bertz CT molecular complexity index is 1080. The van der Waals surface area contributed by atoms with Gasteiger partial charge < -0.3 is 9.84 Å². The first-order chi connectivity index (χ1) is 12.7. The predicted molar refractivity (Wildman–Crippen MR) is 92.8 cm³/mol. The number of nitrogens with zero attached hydrogens (tertiary/aromatic N) is 1. The van der Waals surface area contributed by atoms with Crippen molar-refractivity contribution >= 4 is 27.3 Å². The number of carbonyl (C=O) groups excluding carboxylic acids is 1. The van der Waals surface area contributed by atoms with Gasteiger partial charge in [-0.05, 0) is 43.3 Å². The molecule has 2 aromatic carbocycles. The summed E-state index contributed by atoms with van der Waals surface area (Å²) in [6, 6.07) is 7.71. The van der Waals surface area contributed by atoms with E-state index in [1.807, 2.05) is 0 Å². The Morgan fingerprint density at radius 1 is 1.04 bits per heavy atom. The maximum atomic E-state index is 13.2. The maximum absolute atomic E-state index is 13.2. The van der Waals surface area contributed by atoms with Crippen LogP contribution in [-0.2, 0) is 10.0 Å². The molecule has 0 atom stereocenters. The van der Waals surface area contributed by atoms with E-state index in [0.29, 0.717) is 29.6 Å². The highest BCUT2D eigenvalue weighted by Gasteiger charge is 2.17. The zero-order valence-electron chi connectivity index (χ0n) is 13.9. The van der Waals surface area contributed by atoms with Gasteiger partial charge in [0.05, 0.1) is 11.1 Å². The summed E-state index contributed by atoms with van der Waals surface area (Å²) in [5, 5.41) is 6.12. The fourth-order valence-electron chi connectivity index (χ4n) is 2.23. The van der Waals surface area contributed by atoms with Gasteiger partial charge in [0.1, 0.15) is 23.0 Å². The van der Waals surface area contributed by atoms with Crippen molar-refractivity contribution in [3.8, 4) is 0 Å². The van der Waals surface area contributed by atoms with E-state index in [1.165, 1.54) is 30.5 Å². The standard InChI is InChI=1S/C17H13F2N3O4S/c1-10-16(9-20-26-10)17(23)21-13-2-4-14(5-3-13)22-27(24,25)15-7-11(18)6-12(19)8-15/h2-9,22H,1H3,(H,21,23). The van der Waals surface area contributed by atoms with E-state index < -0.39 is 32.5 Å². The number of aryl methyl sites for hydroxylation is 1. The van der Waals surface area contributed by atoms with Gasteiger partial charge in [-0.2, -0.15) is 0 Å². The SMILES string of the molecule is Cc1oncc1C(=O)Nc1ccc(NS(=O)(=O)c2cc(F)cc(F)c2)cc1. The van der Waals surface area contributed by atoms with Crippen molar-refractivity contribution in [3.63, 3.8) is 0 Å². The Balaban J connectivity index is 1.73. The Labute approximate surface area is 153 Å². The van der Waals surface area contributed by atoms with Crippen LogP contribution >= 0.6 is 0 Å². The Hall–Kier alpha value is -3.27. The molecule has 0 unspecified atom stereocenters. The number of sulfonamides is 1. The zero-order chi connectivity index (χ0) is 19.6. The number of hydrogen-bond acceptors (Lipinski definition) is 5. The molecule has 0 aliphatic rings. The minimum absolute atomic E-state index is 0.152. The van der Waals surface area contributed by atoms with Crippen LogP contribution in [0.1, 0.15) is 16.1 Å². The third-order valence-electron chi connectivity index (χ3n) is 3.54. The summed E-state index contributed by atoms with van der Waals surface area (Å²) < 4.78 is 57.9. The molecule has 27 heavy (non-hydrogen) atoms. The Morgan fingerprint density at radius 2 is 1.63 bits per heavy atom. The molecular formula is C17H13F2N3O4S. The normalized spacial score (nSPS) is 11.2. The molecule has 1 aromatic heterocycles. The minimum Gasteiger partial charge on any atom is -0.361 e. The molecule has 0 aliphatic heterocycles. The molecule has 0 saturated heterocycles. The van der Waals surface area contributed by atoms with Crippen LogP contribution in [0, 0.1) is 18.6 Å². The molecule has 0 radical (unpaired) electrons. The van der Waals surface area contributed by atoms with E-state index in [0.717, 1.165) is 0 Å². The number of carbonyl (C=O) groups is 1. The van der Waals surface area contributed by atoms with Gasteiger partial charge in [0.2, 0.25) is 0 Å². The van der Waals surface area contributed by atoms with Gasteiger partial charge >= 0.3 is 0 Å². The number of rotatable bonds is 5. The van der Waals surface area contributed by atoms with Gasteiger partial charge in [0.25, 0.3) is 15.9 Å². The van der Waals surface area contributed by atoms with E-state index in [2.05, 4.69) is 15.2 Å². The lowest BCUT2D eigenvalue weighted by Crippen LogP contribution is -2.14. The van der Waals surface area contributed by atoms with E-state index in [-0.39, 0.29) is 11.3 Å². The van der Waals surface area contributed by atoms with Gasteiger partial charge in [0.15, 0.2) is 0 Å². The molecule has 0 spiro atoms. The van der Waals surface area contributed by atoms with Gasteiger partial charge in [-0.3, -0.25) is 9.52 Å². The Morgan fingerprint density at radius 3 is 2.19 bits per heavy atom. The molecule has 7 nitrogen and oxygen atoms in total. The van der Waals surface area contributed by atoms with Crippen LogP contribution in [0.5, 0.6) is 0 Å². The highest BCUT2D eigenvalue weighted by Crippen LogP contribution is 2.20. The summed E-state index contributed by atoms with van der Waals surface area (Å²) in [6.45, 7) is 1.59. The summed E-state index contributed by atoms with van der Waals surface area (Å²) in [5.41, 5.74) is 0.826. The molecule has 10 heteroatoms. The molecule has 0 bridgehead atoms. The van der Waals surface area contributed by atoms with Crippen LogP contribution in [0.25, 0.3) is 0 Å². The van der Waals surface area contributed by atoms with Crippen molar-refractivity contribution < 1.29 is 26.5 Å². The Kier molecular flexibility index (Phi) is 4.91. The summed E-state index contributed by atoms with van der Waals surface area (Å²) in [5.74, 6) is -2.08. The second-order valence-electron chi connectivity index (χ2n) is 5.54. The number of amides is 1. The average Bonchev–Trinajstić information content (AvgIpc) is 3.02. The number of aromatic nitrogens is 1. The molecule has 2 N–H and O–H groups in total. The molecule has 0 fully saturated rings. The van der Waals surface area contributed by atoms with Crippen molar-refractivity contribution in [2.45, 2.75) is 11.8 Å². The second kappa shape index (κ2) is 7.16. The minimum atomic E-state index is -4.17. The van der Waals surface area contributed by atoms with E-state index in [1.54, 1.807) is 6.92 Å². The van der Waals surface area contributed by atoms with Gasteiger partial charge in [0, 0.05) is 17.4 Å². The summed E-state index contributed by atoms with van der Waals surface area (Å²) in [6.07, 6.45) is 1.28. The lowest BCUT2D eigenvalue weighted by atomic mass is 10.2. The van der Waals surface area contributed by atoms with Gasteiger partial charge in [-0.25, -0.2) is 17.2 Å². The third-order valence-corrected chi connectivity index (χ3v) is 4.90. The van der Waals surface area contributed by atoms with Gasteiger partial charge in [-0.15, -0.1) is 0 Å². The molecule has 140 valence electrons. The van der Waals surface area contributed by atoms with Crippen LogP contribution < -0.4 is 10.0 Å². The van der Waals surface area contributed by atoms with Crippen LogP contribution in [0.15, 0.2) is 58.1 Å². The highest BCUT2D eigenvalue weighted by atomic mass is 32.2. The van der Waals surface area contributed by atoms with Crippen molar-refractivity contribution in [2.24, 2.45) is 0 Å². The first kappa shape index (κ1) is 18.5. The number of halogens is 2. The first-order valence-electron chi connectivity index (χ1n) is 7.56. The second-order valence-corrected chi connectivity index (χ2v) is 7.22. The fourth-order valence-corrected chi connectivity index (χ4v) is 3.33. The molecule has 3 aromatic rings. The fraction of sp³-hybridized carbons (Fsp3) is 0.0588. The molecule has 1 heterocycles. The topological polar surface area (TPSA) is 101 Å². The van der Waals surface area contributed by atoms with Crippen LogP contribution in [-0.4, -0.2) is 19.5 Å². The number of anilines is 2. The summed E-state index contributed by atoms with van der Waals surface area (Å²) in [4.78, 5) is 11.5. The zero-order valence-corrected chi connectivity index (χ0v) is 14.7. The monoisotopic (exact) mass is 393 g/mol. The maximum Gasteiger partial charge on any atom is 0.262 e. The molecule has 0 saturated carbocycles. The van der Waals surface area contributed by atoms with Crippen LogP contribution in [0.2, 0.25) is 0 Å². The molecule has 3 rings (SSSR count). The molecular weight excluding hydrogens is 380 g/mol. The quantitative estimate of drug-likeness (QED) is 0.693. The number of benzene rings is 2. The molecule has 0 aliphatic carbocycles. The van der Waals surface area contributed by atoms with Crippen molar-refractivity contribution in [1.82, 2.24) is 5.16 Å². The number of nitrogens with one attached hydrogen (secondary N) is 2. The van der Waals surface area contributed by atoms with Crippen LogP contribution in [0.3, 0.4) is 0 Å². The number of hydrogen-bond donors (Lipinski definition) is 2. The third kappa shape index (κ3) is 4.29. The average molecular weight is 393 g/mol. The first-order valence-corrected chi connectivity index (χ1v) is 9.04. The smallest absolute Gasteiger partial charge is 0.262 e. The lowest BCUT2D eigenvalue weighted by molar-refractivity contribution is 0.102. The van der Waals surface area contributed by atoms with Crippen molar-refractivity contribution in [3.05, 3.63) is 71.6 Å². The van der Waals surface area contributed by atoms with Crippen molar-refractivity contribution in [2.75, 3.05) is 10.0 Å². The van der Waals surface area contributed by atoms with E-state index >= 15 is 0 Å². The summed E-state index contributed by atoms with van der Waals surface area (Å²) >= 11 is 0. The lowest BCUT2D eigenvalue weighted by Gasteiger charge is -2.10. The summed E-state index contributed by atoms with van der Waals surface area (Å²) in [7, 11) is -4.17. The largest absolute Gasteiger partial charge is 0.361 e. The highest BCUT2D eigenvalue weighted by molar-refractivity contribution is 7.92. The van der Waals surface area contributed by atoms with Gasteiger partial charge in [-0.1, -0.05) is 5.16 Å². The van der Waals surface area contributed by atoms with Crippen molar-refractivity contribution in [1.29, 1.82) is 0 Å². The predicted octanol–water partition coefficient (Wildman–Crippen LogP) is 3.31. The molecule has 1 amide bonds.